The van der Waals surface area contributed by atoms with Crippen molar-refractivity contribution in [3.8, 4) is 44.5 Å². The molecule has 10 rings (SSSR count). The van der Waals surface area contributed by atoms with E-state index in [1.807, 2.05) is 60.1 Å². The minimum absolute atomic E-state index is 0.00899. The van der Waals surface area contributed by atoms with E-state index in [4.69, 9.17) is 15.5 Å². The Bertz CT molecular complexity index is 3180. The number of aliphatic hydroxyl groups excluding tert-OH is 1. The third-order valence-corrected chi connectivity index (χ3v) is 15.1. The predicted molar refractivity (Wildman–Crippen MR) is 282 cm³/mol. The molecule has 3 atom stereocenters. The molecule has 384 valence electrons. The van der Waals surface area contributed by atoms with Crippen molar-refractivity contribution in [3.05, 3.63) is 119 Å². The van der Waals surface area contributed by atoms with Gasteiger partial charge in [0, 0.05) is 80.7 Å². The summed E-state index contributed by atoms with van der Waals surface area (Å²) in [5.74, 6) is -0.796. The Labute approximate surface area is 432 Å². The maximum atomic E-state index is 14.8. The minimum atomic E-state index is -1.99. The summed E-state index contributed by atoms with van der Waals surface area (Å²) in [5, 5.41) is 43.4. The number of halogens is 1. The zero-order valence-electron chi connectivity index (χ0n) is 41.6. The number of hydrogen-bond donors (Lipinski definition) is 6. The highest BCUT2D eigenvalue weighted by Gasteiger charge is 2.53. The molecule has 4 aromatic carbocycles. The van der Waals surface area contributed by atoms with Crippen LogP contribution in [0.2, 0.25) is 0 Å². The number of H-pyrrole nitrogens is 1. The average molecular weight is 1020 g/mol. The number of benzene rings is 4. The van der Waals surface area contributed by atoms with Gasteiger partial charge in [0.15, 0.2) is 11.5 Å². The van der Waals surface area contributed by atoms with Crippen LogP contribution in [0.5, 0.6) is 11.5 Å². The number of ether oxygens (including phenoxy) is 1. The molecular formula is C55H60FN11O6S. The van der Waals surface area contributed by atoms with E-state index in [1.165, 1.54) is 21.8 Å². The molecular weight excluding hydrogens is 962 g/mol. The van der Waals surface area contributed by atoms with Gasteiger partial charge in [-0.1, -0.05) is 81.4 Å². The van der Waals surface area contributed by atoms with Gasteiger partial charge in [0.1, 0.15) is 23.6 Å². The fourth-order valence-corrected chi connectivity index (χ4v) is 10.5. The molecule has 17 nitrogen and oxygen atoms in total. The molecule has 0 bridgehead atoms. The number of para-hydroxylation sites is 1. The number of piperazine rings is 1. The third kappa shape index (κ3) is 10.9. The quantitative estimate of drug-likeness (QED) is 0.0597. The van der Waals surface area contributed by atoms with Crippen LogP contribution in [0.3, 0.4) is 0 Å². The number of alkyl halides is 1. The molecule has 1 unspecified atom stereocenters. The molecule has 1 saturated carbocycles. The highest BCUT2D eigenvalue weighted by Crippen LogP contribution is 2.41. The lowest BCUT2D eigenvalue weighted by Gasteiger charge is -2.36. The number of rotatable bonds is 16. The Morgan fingerprint density at radius 2 is 1.72 bits per heavy atom. The molecule has 0 radical (unpaired) electrons. The molecule has 5 heterocycles. The molecule has 2 saturated heterocycles. The van der Waals surface area contributed by atoms with Crippen LogP contribution in [0.25, 0.3) is 43.9 Å². The molecule has 19 heteroatoms. The standard InChI is InChI=1S/C55H60FN11O6S/c1-54(2,3)49(61-53(72)55(56)17-18-55)52(71)67-31-39(68)26-44(67)51(70)58-28-38-15-13-36(48-47(59-32-74-48)35-12-14-37-29-60-62-41(37)24-35)25-46(38)73-23-16-33-8-10-34(11-9-33)30-65-19-21-66(22-20-65)43-27-42(63-64-50(43)57)40-6-4-5-7-45(40)69/h4-15,24-25,27,29,32,39,44,49,68-69H,16-23,26,28,30-31H2,1-3H3,(H2,57,64)(H,58,70)(H,60,62)(H,61,72)/t39-,44+,49?/m1/s1. The number of aromatic nitrogens is 5. The van der Waals surface area contributed by atoms with E-state index in [2.05, 4.69) is 65.1 Å². The zero-order valence-corrected chi connectivity index (χ0v) is 42.4. The van der Waals surface area contributed by atoms with E-state index in [9.17, 15) is 29.0 Å². The van der Waals surface area contributed by atoms with E-state index in [0.29, 0.717) is 41.4 Å². The third-order valence-electron chi connectivity index (χ3n) is 14.2. The van der Waals surface area contributed by atoms with Crippen molar-refractivity contribution in [2.45, 2.75) is 83.4 Å². The Kier molecular flexibility index (Phi) is 14.1. The van der Waals surface area contributed by atoms with E-state index in [-0.39, 0.29) is 38.1 Å². The van der Waals surface area contributed by atoms with Crippen molar-refractivity contribution in [3.63, 3.8) is 0 Å². The number of likely N-dealkylation sites (tertiary alicyclic amines) is 1. The number of nitrogens with two attached hydrogens (primary N) is 1. The minimum Gasteiger partial charge on any atom is -0.507 e. The zero-order chi connectivity index (χ0) is 51.7. The van der Waals surface area contributed by atoms with Crippen molar-refractivity contribution in [1.29, 1.82) is 0 Å². The first-order valence-corrected chi connectivity index (χ1v) is 25.8. The molecule has 3 aromatic heterocycles. The number of phenols is 1. The summed E-state index contributed by atoms with van der Waals surface area (Å²) in [5.41, 5.74) is 13.8. The van der Waals surface area contributed by atoms with Gasteiger partial charge >= 0.3 is 0 Å². The normalized spacial score (nSPS) is 18.1. The van der Waals surface area contributed by atoms with Crippen LogP contribution in [-0.4, -0.2) is 126 Å². The molecule has 2 aliphatic heterocycles. The molecule has 7 N–H and O–H groups in total. The maximum Gasteiger partial charge on any atom is 0.258 e. The Balaban J connectivity index is 0.806. The van der Waals surface area contributed by atoms with Gasteiger partial charge in [-0.3, -0.25) is 24.4 Å². The number of nitrogens with zero attached hydrogens (tertiary/aromatic N) is 7. The van der Waals surface area contributed by atoms with Gasteiger partial charge in [0.05, 0.1) is 51.9 Å². The van der Waals surface area contributed by atoms with E-state index < -0.39 is 47.0 Å². The lowest BCUT2D eigenvalue weighted by molar-refractivity contribution is -0.145. The van der Waals surface area contributed by atoms with Gasteiger partial charge in [-0.15, -0.1) is 21.5 Å². The Morgan fingerprint density at radius 1 is 0.959 bits per heavy atom. The summed E-state index contributed by atoms with van der Waals surface area (Å²) in [7, 11) is 0. The number of thiazole rings is 1. The second-order valence-corrected chi connectivity index (χ2v) is 21.4. The maximum absolute atomic E-state index is 14.8. The van der Waals surface area contributed by atoms with Crippen molar-refractivity contribution in [1.82, 2.24) is 45.8 Å². The fraction of sp³-hybridized carbons (Fsp3) is 0.364. The molecule has 3 aliphatic rings. The van der Waals surface area contributed by atoms with Crippen LogP contribution in [-0.2, 0) is 33.9 Å². The Morgan fingerprint density at radius 3 is 2.47 bits per heavy atom. The number of carbonyl (C=O) groups is 3. The highest BCUT2D eigenvalue weighted by molar-refractivity contribution is 7.13. The van der Waals surface area contributed by atoms with Gasteiger partial charge in [0.2, 0.25) is 11.8 Å². The summed E-state index contributed by atoms with van der Waals surface area (Å²) in [6, 6.07) is 27.3. The molecule has 3 fully saturated rings. The van der Waals surface area contributed by atoms with E-state index >= 15 is 0 Å². The number of aromatic amines is 1. The van der Waals surface area contributed by atoms with Gasteiger partial charge in [-0.25, -0.2) is 9.37 Å². The topological polar surface area (TPSA) is 228 Å². The van der Waals surface area contributed by atoms with Crippen LogP contribution in [0.4, 0.5) is 15.9 Å². The van der Waals surface area contributed by atoms with Crippen LogP contribution >= 0.6 is 11.3 Å². The number of amides is 3. The molecule has 74 heavy (non-hydrogen) atoms. The second kappa shape index (κ2) is 20.8. The van der Waals surface area contributed by atoms with Crippen molar-refractivity contribution in [2.24, 2.45) is 5.41 Å². The van der Waals surface area contributed by atoms with E-state index in [1.54, 1.807) is 39.1 Å². The van der Waals surface area contributed by atoms with Crippen LogP contribution in [0.1, 0.15) is 56.7 Å². The number of β-amino-alcohol motifs (C(OH)–C–C–N with tert-alkyl or cyclic N) is 1. The molecule has 3 amide bonds. The number of aliphatic hydroxyl groups is 1. The first kappa shape index (κ1) is 50.1. The first-order valence-electron chi connectivity index (χ1n) is 25.0. The number of carbonyl (C=O) groups excluding carboxylic acids is 3. The number of aromatic hydroxyl groups is 1. The van der Waals surface area contributed by atoms with E-state index in [0.717, 1.165) is 76.6 Å². The summed E-state index contributed by atoms with van der Waals surface area (Å²) in [4.78, 5) is 52.6. The number of anilines is 2. The summed E-state index contributed by atoms with van der Waals surface area (Å²) in [6.07, 6.45) is 1.63. The molecule has 1 aliphatic carbocycles. The van der Waals surface area contributed by atoms with Crippen LogP contribution in [0.15, 0.2) is 103 Å². The SMILES string of the molecule is CC(C)(C)C(NC(=O)C1(F)CC1)C(=O)N1C[C@H](O)C[C@H]1C(=O)NCc1ccc(-c2scnc2-c2ccc3cn[nH]c3c2)cc1OCCc1ccc(CN2CCN(c3cc(-c4ccccc4O)nnc3N)CC2)cc1. The van der Waals surface area contributed by atoms with Crippen molar-refractivity contribution < 1.29 is 33.7 Å². The smallest absolute Gasteiger partial charge is 0.258 e. The molecule has 0 spiro atoms. The summed E-state index contributed by atoms with van der Waals surface area (Å²) >= 11 is 1.51. The number of phenolic OH excluding ortho intramolecular Hbond substituents is 1. The number of hydrogen-bond acceptors (Lipinski definition) is 14. The monoisotopic (exact) mass is 1020 g/mol. The number of nitrogen functional groups attached to an aromatic ring is 1. The van der Waals surface area contributed by atoms with Crippen molar-refractivity contribution >= 4 is 51.5 Å². The first-order chi connectivity index (χ1) is 35.6. The fourth-order valence-electron chi connectivity index (χ4n) is 9.70. The van der Waals surface area contributed by atoms with Gasteiger partial charge < -0.3 is 41.1 Å². The van der Waals surface area contributed by atoms with Gasteiger partial charge in [-0.05, 0) is 65.3 Å². The largest absolute Gasteiger partial charge is 0.507 e. The summed E-state index contributed by atoms with van der Waals surface area (Å²) < 4.78 is 21.4. The van der Waals surface area contributed by atoms with Crippen molar-refractivity contribution in [2.75, 3.05) is 50.0 Å². The van der Waals surface area contributed by atoms with Gasteiger partial charge in [0.25, 0.3) is 5.91 Å². The second-order valence-electron chi connectivity index (χ2n) is 20.6. The van der Waals surface area contributed by atoms with Crippen LogP contribution in [0, 0.1) is 5.41 Å². The summed E-state index contributed by atoms with van der Waals surface area (Å²) in [6.45, 7) is 9.56. The average Bonchev–Trinajstić information content (AvgIpc) is 3.72. The lowest BCUT2D eigenvalue weighted by atomic mass is 9.85. The van der Waals surface area contributed by atoms with Crippen LogP contribution < -0.4 is 26.0 Å². The number of nitrogens with one attached hydrogen (secondary N) is 3. The lowest BCUT2D eigenvalue weighted by Crippen LogP contribution is -2.59. The van der Waals surface area contributed by atoms with Gasteiger partial charge in [-0.2, -0.15) is 5.10 Å². The highest BCUT2D eigenvalue weighted by atomic mass is 32.1. The predicted octanol–water partition coefficient (Wildman–Crippen LogP) is 6.65. The molecule has 7 aromatic rings. The Hall–Kier alpha value is -7.48. The number of fused-ring (bicyclic) bond motifs is 1.